The van der Waals surface area contributed by atoms with Gasteiger partial charge in [0.1, 0.15) is 5.52 Å². The van der Waals surface area contributed by atoms with E-state index in [0.717, 1.165) is 4.68 Å². The van der Waals surface area contributed by atoms with Crippen LogP contribution in [0.15, 0.2) is 18.3 Å². The lowest BCUT2D eigenvalue weighted by molar-refractivity contribution is 0.194. The van der Waals surface area contributed by atoms with Gasteiger partial charge in [0.25, 0.3) is 0 Å². The molecule has 0 aliphatic rings. The van der Waals surface area contributed by atoms with Crippen molar-refractivity contribution >= 4 is 34.3 Å². The zero-order valence-electron chi connectivity index (χ0n) is 6.94. The number of nitrogens with two attached hydrogens (primary N) is 1. The number of aromatic nitrogens is 2. The summed E-state index contributed by atoms with van der Waals surface area (Å²) < 4.78 is 0.800. The molecule has 72 valence electrons. The van der Waals surface area contributed by atoms with Crippen molar-refractivity contribution in [2.45, 2.75) is 0 Å². The number of rotatable bonds is 0. The fourth-order valence-corrected chi connectivity index (χ4v) is 1.51. The number of benzene rings is 1. The lowest BCUT2D eigenvalue weighted by Crippen LogP contribution is -2.09. The van der Waals surface area contributed by atoms with Crippen molar-refractivity contribution in [3.63, 3.8) is 0 Å². The zero-order chi connectivity index (χ0) is 10.3. The average Bonchev–Trinajstić information content (AvgIpc) is 2.56. The van der Waals surface area contributed by atoms with Crippen molar-refractivity contribution in [1.82, 2.24) is 9.78 Å². The summed E-state index contributed by atoms with van der Waals surface area (Å²) in [5.41, 5.74) is 6.41. The van der Waals surface area contributed by atoms with E-state index in [0.29, 0.717) is 21.6 Å². The Hall–Kier alpha value is -1.75. The molecule has 0 atom stereocenters. The molecular weight excluding hydrogens is 206 g/mol. The highest BCUT2D eigenvalue weighted by Crippen LogP contribution is 2.27. The maximum absolute atomic E-state index is 10.7. The summed E-state index contributed by atoms with van der Waals surface area (Å²) in [6.45, 7) is 0. The molecule has 1 aromatic carbocycles. The zero-order valence-corrected chi connectivity index (χ0v) is 7.69. The van der Waals surface area contributed by atoms with Gasteiger partial charge in [-0.05, 0) is 12.1 Å². The number of carbonyl (C=O) groups is 1. The maximum atomic E-state index is 10.7. The van der Waals surface area contributed by atoms with Crippen molar-refractivity contribution in [2.75, 3.05) is 5.73 Å². The highest BCUT2D eigenvalue weighted by atomic mass is 35.5. The molecule has 0 fully saturated rings. The van der Waals surface area contributed by atoms with E-state index in [2.05, 4.69) is 5.10 Å². The van der Waals surface area contributed by atoms with E-state index >= 15 is 0 Å². The number of fused-ring (bicyclic) bond motifs is 1. The van der Waals surface area contributed by atoms with Crippen LogP contribution in [0.3, 0.4) is 0 Å². The molecule has 2 rings (SSSR count). The summed E-state index contributed by atoms with van der Waals surface area (Å²) in [6.07, 6.45) is 0.192. The molecule has 0 aliphatic heterocycles. The number of hydrogen-bond acceptors (Lipinski definition) is 3. The van der Waals surface area contributed by atoms with Crippen molar-refractivity contribution in [3.8, 4) is 0 Å². The van der Waals surface area contributed by atoms with Crippen LogP contribution in [0.25, 0.3) is 10.9 Å². The molecule has 0 bridgehead atoms. The Morgan fingerprint density at radius 1 is 1.57 bits per heavy atom. The fourth-order valence-electron chi connectivity index (χ4n) is 1.27. The summed E-state index contributed by atoms with van der Waals surface area (Å²) in [4.78, 5) is 10.7. The largest absolute Gasteiger partial charge is 0.463 e. The molecule has 14 heavy (non-hydrogen) atoms. The van der Waals surface area contributed by atoms with Crippen molar-refractivity contribution in [3.05, 3.63) is 23.4 Å². The first kappa shape index (κ1) is 8.83. The number of anilines is 1. The number of hydrogen-bond donors (Lipinski definition) is 2. The molecule has 0 radical (unpaired) electrons. The smallest absolute Gasteiger partial charge is 0.432 e. The van der Waals surface area contributed by atoms with Crippen LogP contribution in [-0.2, 0) is 0 Å². The summed E-state index contributed by atoms with van der Waals surface area (Å²) in [5, 5.41) is 13.3. The fraction of sp³-hybridized carbons (Fsp3) is 0. The lowest BCUT2D eigenvalue weighted by atomic mass is 10.2. The minimum absolute atomic E-state index is 0.314. The van der Waals surface area contributed by atoms with E-state index in [-0.39, 0.29) is 0 Å². The van der Waals surface area contributed by atoms with Gasteiger partial charge < -0.3 is 10.8 Å². The number of nitrogen functional groups attached to an aromatic ring is 1. The predicted molar refractivity (Wildman–Crippen MR) is 52.6 cm³/mol. The minimum atomic E-state index is -1.19. The number of carboxylic acid groups (broad SMARTS) is 1. The summed E-state index contributed by atoms with van der Waals surface area (Å²) in [5.74, 6) is 0. The van der Waals surface area contributed by atoms with E-state index in [1.807, 2.05) is 0 Å². The SMILES string of the molecule is Nc1ccc(Cl)c2c1cnn2C(=O)O. The van der Waals surface area contributed by atoms with Crippen molar-refractivity contribution < 1.29 is 9.90 Å². The normalized spacial score (nSPS) is 10.6. The first-order valence-corrected chi connectivity index (χ1v) is 4.14. The van der Waals surface area contributed by atoms with Crippen LogP contribution in [0, 0.1) is 0 Å². The van der Waals surface area contributed by atoms with Gasteiger partial charge in [0.2, 0.25) is 0 Å². The summed E-state index contributed by atoms with van der Waals surface area (Å²) in [7, 11) is 0. The first-order chi connectivity index (χ1) is 6.61. The quantitative estimate of drug-likeness (QED) is 0.651. The van der Waals surface area contributed by atoms with Crippen LogP contribution in [0.4, 0.5) is 10.5 Å². The third-order valence-corrected chi connectivity index (χ3v) is 2.20. The second-order valence-electron chi connectivity index (χ2n) is 2.74. The monoisotopic (exact) mass is 211 g/mol. The van der Waals surface area contributed by atoms with Gasteiger partial charge in [-0.2, -0.15) is 9.78 Å². The molecule has 6 heteroatoms. The Morgan fingerprint density at radius 3 is 2.93 bits per heavy atom. The van der Waals surface area contributed by atoms with E-state index in [1.54, 1.807) is 12.1 Å². The third-order valence-electron chi connectivity index (χ3n) is 1.90. The Kier molecular flexibility index (Phi) is 1.82. The second-order valence-corrected chi connectivity index (χ2v) is 3.15. The number of halogens is 1. The molecule has 5 nitrogen and oxygen atoms in total. The van der Waals surface area contributed by atoms with Crippen molar-refractivity contribution in [2.24, 2.45) is 0 Å². The molecule has 0 saturated carbocycles. The van der Waals surface area contributed by atoms with E-state index in [1.165, 1.54) is 6.20 Å². The van der Waals surface area contributed by atoms with Gasteiger partial charge in [0.05, 0.1) is 11.2 Å². The van der Waals surface area contributed by atoms with Gasteiger partial charge in [-0.15, -0.1) is 0 Å². The standard InChI is InChI=1S/C8H6ClN3O2/c9-5-1-2-6(10)4-3-11-12(7(4)5)8(13)14/h1-3H,10H2,(H,13,14). The van der Waals surface area contributed by atoms with Gasteiger partial charge in [0, 0.05) is 11.1 Å². The molecule has 0 aliphatic carbocycles. The van der Waals surface area contributed by atoms with Gasteiger partial charge in [0.15, 0.2) is 0 Å². The Bertz CT molecular complexity index is 521. The van der Waals surface area contributed by atoms with Crippen LogP contribution in [0.5, 0.6) is 0 Å². The second kappa shape index (κ2) is 2.88. The molecule has 0 saturated heterocycles. The minimum Gasteiger partial charge on any atom is -0.463 e. The first-order valence-electron chi connectivity index (χ1n) is 3.76. The topological polar surface area (TPSA) is 81.1 Å². The van der Waals surface area contributed by atoms with Crippen molar-refractivity contribution in [1.29, 1.82) is 0 Å². The molecule has 3 N–H and O–H groups in total. The molecule has 0 spiro atoms. The van der Waals surface area contributed by atoms with E-state index in [4.69, 9.17) is 22.4 Å². The summed E-state index contributed by atoms with van der Waals surface area (Å²) >= 11 is 5.84. The molecule has 2 aromatic rings. The molecular formula is C8H6ClN3O2. The van der Waals surface area contributed by atoms with E-state index in [9.17, 15) is 4.79 Å². The average molecular weight is 212 g/mol. The molecule has 1 heterocycles. The highest BCUT2D eigenvalue weighted by molar-refractivity contribution is 6.35. The summed E-state index contributed by atoms with van der Waals surface area (Å²) in [6, 6.07) is 3.15. The van der Waals surface area contributed by atoms with Crippen LogP contribution in [0.2, 0.25) is 5.02 Å². The van der Waals surface area contributed by atoms with Gasteiger partial charge in [-0.25, -0.2) is 4.79 Å². The molecule has 1 aromatic heterocycles. The van der Waals surface area contributed by atoms with Gasteiger partial charge >= 0.3 is 6.09 Å². The van der Waals surface area contributed by atoms with Crippen LogP contribution in [0.1, 0.15) is 0 Å². The van der Waals surface area contributed by atoms with Crippen LogP contribution >= 0.6 is 11.6 Å². The molecule has 0 unspecified atom stereocenters. The van der Waals surface area contributed by atoms with Crippen LogP contribution in [-0.4, -0.2) is 21.0 Å². The van der Waals surface area contributed by atoms with Crippen LogP contribution < -0.4 is 5.73 Å². The lowest BCUT2D eigenvalue weighted by Gasteiger charge is -1.99. The maximum Gasteiger partial charge on any atom is 0.432 e. The number of nitrogens with zero attached hydrogens (tertiary/aromatic N) is 2. The Labute approximate surface area is 83.7 Å². The Morgan fingerprint density at radius 2 is 2.29 bits per heavy atom. The van der Waals surface area contributed by atoms with Gasteiger partial charge in [-0.1, -0.05) is 11.6 Å². The molecule has 0 amide bonds. The van der Waals surface area contributed by atoms with E-state index < -0.39 is 6.09 Å². The highest BCUT2D eigenvalue weighted by Gasteiger charge is 2.13. The van der Waals surface area contributed by atoms with Gasteiger partial charge in [-0.3, -0.25) is 0 Å². The third kappa shape index (κ3) is 1.10. The predicted octanol–water partition coefficient (Wildman–Crippen LogP) is 1.80. The Balaban J connectivity index is 2.90.